The van der Waals surface area contributed by atoms with E-state index in [-0.39, 0.29) is 0 Å². The molecule has 3 rings (SSSR count). The molecule has 5 nitrogen and oxygen atoms in total. The monoisotopic (exact) mass is 415 g/mol. The first-order valence-electron chi connectivity index (χ1n) is 9.99. The number of anilines is 2. The number of sulfonamides is 1. The zero-order valence-electron chi connectivity index (χ0n) is 17.5. The van der Waals surface area contributed by atoms with Gasteiger partial charge in [-0.1, -0.05) is 37.1 Å². The normalized spacial score (nSPS) is 15.3. The van der Waals surface area contributed by atoms with Crippen molar-refractivity contribution >= 4 is 27.4 Å². The van der Waals surface area contributed by atoms with Crippen LogP contribution in [-0.4, -0.2) is 26.2 Å². The van der Waals surface area contributed by atoms with E-state index in [1.807, 2.05) is 32.9 Å². The number of carbonyl (C=O) groups is 1. The Morgan fingerprint density at radius 2 is 1.62 bits per heavy atom. The summed E-state index contributed by atoms with van der Waals surface area (Å²) >= 11 is 0. The summed E-state index contributed by atoms with van der Waals surface area (Å²) in [5.74, 6) is -0.113. The predicted octanol–water partition coefficient (Wildman–Crippen LogP) is 5.40. The number of rotatable bonds is 5. The molecule has 0 unspecified atom stereocenters. The molecule has 1 saturated carbocycles. The fraction of sp³-hybridized carbons (Fsp3) is 0.435. The number of esters is 1. The average molecular weight is 416 g/mol. The van der Waals surface area contributed by atoms with Gasteiger partial charge >= 0.3 is 5.97 Å². The van der Waals surface area contributed by atoms with Gasteiger partial charge < -0.3 is 4.74 Å². The van der Waals surface area contributed by atoms with E-state index in [0.29, 0.717) is 22.9 Å². The molecule has 29 heavy (non-hydrogen) atoms. The Hall–Kier alpha value is -2.34. The molecular weight excluding hydrogens is 386 g/mol. The lowest BCUT2D eigenvalue weighted by Gasteiger charge is -2.26. The van der Waals surface area contributed by atoms with Crippen molar-refractivity contribution in [3.05, 3.63) is 59.7 Å². The lowest BCUT2D eigenvalue weighted by molar-refractivity contribution is 0.00678. The molecule has 0 aromatic heterocycles. The fourth-order valence-corrected chi connectivity index (χ4v) is 4.87. The minimum atomic E-state index is -3.60. The van der Waals surface area contributed by atoms with Crippen LogP contribution in [0.2, 0.25) is 0 Å². The standard InChI is InChI=1S/C23H29NO4S/c1-23(2,3)28-22(25)21-16-19(14-15-20(21)17-10-8-9-11-17)24(29(4,26)27)18-12-6-5-7-13-18/h5-7,12-17H,8-11H2,1-4H3. The lowest BCUT2D eigenvalue weighted by atomic mass is 9.92. The van der Waals surface area contributed by atoms with Crippen molar-refractivity contribution in [1.29, 1.82) is 0 Å². The number of para-hydroxylation sites is 1. The largest absolute Gasteiger partial charge is 0.456 e. The summed E-state index contributed by atoms with van der Waals surface area (Å²) in [7, 11) is -3.60. The third-order valence-electron chi connectivity index (χ3n) is 5.01. The summed E-state index contributed by atoms with van der Waals surface area (Å²) in [6.07, 6.45) is 5.50. The number of carbonyl (C=O) groups excluding carboxylic acids is 1. The average Bonchev–Trinajstić information content (AvgIpc) is 3.14. The van der Waals surface area contributed by atoms with Crippen LogP contribution in [0, 0.1) is 0 Å². The summed E-state index contributed by atoms with van der Waals surface area (Å²) in [5, 5.41) is 0. The Bertz CT molecular complexity index is 972. The second kappa shape index (κ2) is 8.19. The van der Waals surface area contributed by atoms with Gasteiger partial charge in [0.2, 0.25) is 10.0 Å². The summed E-state index contributed by atoms with van der Waals surface area (Å²) in [6.45, 7) is 5.49. The first-order chi connectivity index (χ1) is 13.6. The third kappa shape index (κ3) is 5.18. The van der Waals surface area contributed by atoms with Crippen LogP contribution in [0.5, 0.6) is 0 Å². The molecule has 0 aliphatic heterocycles. The second-order valence-electron chi connectivity index (χ2n) is 8.62. The summed E-state index contributed by atoms with van der Waals surface area (Å²) in [6, 6.07) is 14.2. The number of hydrogen-bond donors (Lipinski definition) is 0. The van der Waals surface area contributed by atoms with Crippen molar-refractivity contribution in [2.75, 3.05) is 10.6 Å². The van der Waals surface area contributed by atoms with Crippen LogP contribution >= 0.6 is 0 Å². The van der Waals surface area contributed by atoms with Gasteiger partial charge in [-0.2, -0.15) is 0 Å². The van der Waals surface area contributed by atoms with Crippen LogP contribution in [0.4, 0.5) is 11.4 Å². The van der Waals surface area contributed by atoms with Gasteiger partial charge in [0.25, 0.3) is 0 Å². The zero-order chi connectivity index (χ0) is 21.2. The summed E-state index contributed by atoms with van der Waals surface area (Å²) in [4.78, 5) is 13.0. The molecule has 0 heterocycles. The highest BCUT2D eigenvalue weighted by atomic mass is 32.2. The maximum Gasteiger partial charge on any atom is 0.339 e. The van der Waals surface area contributed by atoms with E-state index in [1.54, 1.807) is 36.4 Å². The Morgan fingerprint density at radius 3 is 2.17 bits per heavy atom. The highest BCUT2D eigenvalue weighted by Gasteiger charge is 2.28. The molecule has 2 aromatic carbocycles. The predicted molar refractivity (Wildman–Crippen MR) is 116 cm³/mol. The SMILES string of the molecule is CC(C)(C)OC(=O)c1cc(N(c2ccccc2)S(C)(=O)=O)ccc1C1CCCC1. The van der Waals surface area contributed by atoms with Gasteiger partial charge in [0, 0.05) is 0 Å². The van der Waals surface area contributed by atoms with Crippen LogP contribution in [0.3, 0.4) is 0 Å². The van der Waals surface area contributed by atoms with Gasteiger partial charge in [-0.3, -0.25) is 0 Å². The van der Waals surface area contributed by atoms with Gasteiger partial charge in [0.05, 0.1) is 23.2 Å². The first-order valence-corrected chi connectivity index (χ1v) is 11.8. The molecular formula is C23H29NO4S. The van der Waals surface area contributed by atoms with E-state index >= 15 is 0 Å². The van der Waals surface area contributed by atoms with Crippen molar-refractivity contribution in [3.63, 3.8) is 0 Å². The van der Waals surface area contributed by atoms with Gasteiger partial charge in [-0.25, -0.2) is 17.5 Å². The van der Waals surface area contributed by atoms with E-state index < -0.39 is 21.6 Å². The van der Waals surface area contributed by atoms with Crippen LogP contribution in [0.15, 0.2) is 48.5 Å². The highest BCUT2D eigenvalue weighted by molar-refractivity contribution is 7.92. The lowest BCUT2D eigenvalue weighted by Crippen LogP contribution is -2.27. The zero-order valence-corrected chi connectivity index (χ0v) is 18.3. The van der Waals surface area contributed by atoms with Gasteiger partial charge in [-0.15, -0.1) is 0 Å². The molecule has 6 heteroatoms. The smallest absolute Gasteiger partial charge is 0.339 e. The van der Waals surface area contributed by atoms with Crippen molar-refractivity contribution < 1.29 is 17.9 Å². The molecule has 1 aliphatic carbocycles. The fourth-order valence-electron chi connectivity index (χ4n) is 3.87. The van der Waals surface area contributed by atoms with E-state index in [1.165, 1.54) is 4.31 Å². The van der Waals surface area contributed by atoms with Crippen molar-refractivity contribution in [2.24, 2.45) is 0 Å². The maximum atomic E-state index is 13.0. The molecule has 0 bridgehead atoms. The van der Waals surface area contributed by atoms with Crippen LogP contribution in [0.25, 0.3) is 0 Å². The van der Waals surface area contributed by atoms with Gasteiger partial charge in [-0.05, 0) is 69.4 Å². The molecule has 1 fully saturated rings. The molecule has 0 spiro atoms. The maximum absolute atomic E-state index is 13.0. The highest BCUT2D eigenvalue weighted by Crippen LogP contribution is 2.39. The Labute approximate surface area is 173 Å². The number of benzene rings is 2. The molecule has 156 valence electrons. The Kier molecular flexibility index (Phi) is 6.03. The Balaban J connectivity index is 2.12. The summed E-state index contributed by atoms with van der Waals surface area (Å²) in [5.41, 5.74) is 1.73. The van der Waals surface area contributed by atoms with Crippen LogP contribution in [0.1, 0.15) is 68.3 Å². The molecule has 0 N–H and O–H groups in total. The van der Waals surface area contributed by atoms with E-state index in [9.17, 15) is 13.2 Å². The van der Waals surface area contributed by atoms with Crippen LogP contribution in [-0.2, 0) is 14.8 Å². The minimum Gasteiger partial charge on any atom is -0.456 e. The van der Waals surface area contributed by atoms with Crippen molar-refractivity contribution in [2.45, 2.75) is 58.0 Å². The second-order valence-corrected chi connectivity index (χ2v) is 10.4. The molecule has 0 radical (unpaired) electrons. The molecule has 0 saturated heterocycles. The first kappa shape index (κ1) is 21.4. The molecule has 2 aromatic rings. The topological polar surface area (TPSA) is 63.7 Å². The molecule has 0 amide bonds. The molecule has 0 atom stereocenters. The Morgan fingerprint density at radius 1 is 1.00 bits per heavy atom. The number of nitrogens with zero attached hydrogens (tertiary/aromatic N) is 1. The van der Waals surface area contributed by atoms with E-state index in [0.717, 1.165) is 37.5 Å². The number of ether oxygens (including phenoxy) is 1. The van der Waals surface area contributed by atoms with Crippen molar-refractivity contribution in [3.8, 4) is 0 Å². The van der Waals surface area contributed by atoms with Crippen molar-refractivity contribution in [1.82, 2.24) is 0 Å². The van der Waals surface area contributed by atoms with E-state index in [4.69, 9.17) is 4.74 Å². The van der Waals surface area contributed by atoms with E-state index in [2.05, 4.69) is 0 Å². The quantitative estimate of drug-likeness (QED) is 0.614. The van der Waals surface area contributed by atoms with Gasteiger partial charge in [0.1, 0.15) is 5.60 Å². The minimum absolute atomic E-state index is 0.301. The third-order valence-corrected chi connectivity index (χ3v) is 6.09. The van der Waals surface area contributed by atoms with Crippen LogP contribution < -0.4 is 4.31 Å². The van der Waals surface area contributed by atoms with Gasteiger partial charge in [0.15, 0.2) is 0 Å². The summed E-state index contributed by atoms with van der Waals surface area (Å²) < 4.78 is 32.1. The number of hydrogen-bond acceptors (Lipinski definition) is 4. The molecule has 1 aliphatic rings.